The number of rotatable bonds is 6. The quantitative estimate of drug-likeness (QED) is 0.548. The fraction of sp³-hybridized carbons (Fsp3) is 0.385. The molecular weight excluding hydrogens is 389 g/mol. The number of aryl methyl sites for hydroxylation is 1. The van der Waals surface area contributed by atoms with Crippen LogP contribution in [0.3, 0.4) is 0 Å². The van der Waals surface area contributed by atoms with Crippen LogP contribution in [0.1, 0.15) is 48.5 Å². The number of hydrogen-bond donors (Lipinski definition) is 1. The summed E-state index contributed by atoms with van der Waals surface area (Å²) in [6, 6.07) is 14.7. The molecule has 4 rings (SSSR count). The second-order valence-electron chi connectivity index (χ2n) is 8.55. The van der Waals surface area contributed by atoms with Gasteiger partial charge in [-0.1, -0.05) is 30.2 Å². The van der Waals surface area contributed by atoms with Gasteiger partial charge in [-0.05, 0) is 70.0 Å². The maximum Gasteiger partial charge on any atom is 0.252 e. The van der Waals surface area contributed by atoms with E-state index in [4.69, 9.17) is 0 Å². The molecule has 1 atom stereocenters. The summed E-state index contributed by atoms with van der Waals surface area (Å²) in [5.41, 5.74) is 3.16. The Balaban J connectivity index is 1.54. The van der Waals surface area contributed by atoms with Crippen LogP contribution in [0.15, 0.2) is 48.5 Å². The minimum atomic E-state index is -0.344. The van der Waals surface area contributed by atoms with Crippen molar-refractivity contribution in [1.29, 1.82) is 0 Å². The first-order valence-corrected chi connectivity index (χ1v) is 11.2. The molecule has 0 saturated carbocycles. The number of fused-ring (bicyclic) bond motifs is 1. The molecular formula is C26H30FN3O. The number of nitrogens with zero attached hydrogens (tertiary/aromatic N) is 2. The zero-order chi connectivity index (χ0) is 21.8. The molecule has 1 N–H and O–H groups in total. The van der Waals surface area contributed by atoms with E-state index >= 15 is 0 Å². The Morgan fingerprint density at radius 1 is 1.19 bits per heavy atom. The van der Waals surface area contributed by atoms with Crippen molar-refractivity contribution in [2.45, 2.75) is 45.6 Å². The van der Waals surface area contributed by atoms with E-state index in [9.17, 15) is 9.18 Å². The number of aromatic nitrogens is 1. The molecule has 31 heavy (non-hydrogen) atoms. The van der Waals surface area contributed by atoms with Gasteiger partial charge >= 0.3 is 0 Å². The van der Waals surface area contributed by atoms with E-state index in [0.717, 1.165) is 30.5 Å². The molecule has 4 nitrogen and oxygen atoms in total. The van der Waals surface area contributed by atoms with Gasteiger partial charge in [-0.15, -0.1) is 0 Å². The highest BCUT2D eigenvalue weighted by atomic mass is 19.1. The monoisotopic (exact) mass is 419 g/mol. The molecule has 1 aliphatic heterocycles. The summed E-state index contributed by atoms with van der Waals surface area (Å²) in [7, 11) is 0. The normalized spacial score (nSPS) is 17.1. The fourth-order valence-corrected chi connectivity index (χ4v) is 4.40. The molecule has 2 aromatic carbocycles. The van der Waals surface area contributed by atoms with Crippen molar-refractivity contribution in [1.82, 2.24) is 15.2 Å². The average Bonchev–Trinajstić information content (AvgIpc) is 2.77. The molecule has 162 valence electrons. The predicted octanol–water partition coefficient (Wildman–Crippen LogP) is 5.34. The number of hydrogen-bond acceptors (Lipinski definition) is 3. The van der Waals surface area contributed by atoms with Crippen molar-refractivity contribution in [3.63, 3.8) is 0 Å². The van der Waals surface area contributed by atoms with E-state index in [1.807, 2.05) is 25.1 Å². The number of halogens is 1. The molecule has 0 bridgehead atoms. The van der Waals surface area contributed by atoms with Gasteiger partial charge in [0.25, 0.3) is 5.91 Å². The SMILES string of the molecule is Cc1ccc2nc(-c3ccccc3F)cc(C(=O)NCCCN3CCCCC3C)c2c1. The molecule has 5 heteroatoms. The summed E-state index contributed by atoms with van der Waals surface area (Å²) < 4.78 is 14.4. The van der Waals surface area contributed by atoms with Gasteiger partial charge in [0.05, 0.1) is 16.8 Å². The van der Waals surface area contributed by atoms with Crippen molar-refractivity contribution in [2.75, 3.05) is 19.6 Å². The number of nitrogens with one attached hydrogen (secondary N) is 1. The first kappa shape index (κ1) is 21.4. The van der Waals surface area contributed by atoms with Gasteiger partial charge in [-0.2, -0.15) is 0 Å². The molecule has 1 unspecified atom stereocenters. The summed E-state index contributed by atoms with van der Waals surface area (Å²) in [4.78, 5) is 20.2. The van der Waals surface area contributed by atoms with Crippen molar-refractivity contribution in [3.05, 3.63) is 65.5 Å². The first-order valence-electron chi connectivity index (χ1n) is 11.2. The van der Waals surface area contributed by atoms with Crippen LogP contribution in [0, 0.1) is 12.7 Å². The zero-order valence-electron chi connectivity index (χ0n) is 18.3. The zero-order valence-corrected chi connectivity index (χ0v) is 18.3. The summed E-state index contributed by atoms with van der Waals surface area (Å²) in [6.07, 6.45) is 4.75. The van der Waals surface area contributed by atoms with E-state index in [1.165, 1.54) is 25.3 Å². The molecule has 0 radical (unpaired) electrons. The van der Waals surface area contributed by atoms with Gasteiger partial charge < -0.3 is 10.2 Å². The lowest BCUT2D eigenvalue weighted by Gasteiger charge is -2.33. The van der Waals surface area contributed by atoms with E-state index < -0.39 is 0 Å². The lowest BCUT2D eigenvalue weighted by Crippen LogP contribution is -2.39. The lowest BCUT2D eigenvalue weighted by molar-refractivity contribution is 0.0950. The van der Waals surface area contributed by atoms with Gasteiger partial charge in [-0.25, -0.2) is 9.37 Å². The van der Waals surface area contributed by atoms with Crippen LogP contribution < -0.4 is 5.32 Å². The molecule has 3 aromatic rings. The van der Waals surface area contributed by atoms with E-state index in [2.05, 4.69) is 22.1 Å². The van der Waals surface area contributed by atoms with Gasteiger partial charge in [0, 0.05) is 30.1 Å². The van der Waals surface area contributed by atoms with Gasteiger partial charge in [0.15, 0.2) is 0 Å². The lowest BCUT2D eigenvalue weighted by atomic mass is 10.0. The van der Waals surface area contributed by atoms with Crippen LogP contribution in [0.5, 0.6) is 0 Å². The van der Waals surface area contributed by atoms with Crippen LogP contribution in [-0.4, -0.2) is 41.5 Å². The standard InChI is InChI=1S/C26H30FN3O/c1-18-11-12-24-21(16-18)22(17-25(29-24)20-9-3-4-10-23(20)27)26(31)28-13-7-15-30-14-6-5-8-19(30)2/h3-4,9-12,16-17,19H,5-8,13-15H2,1-2H3,(H,28,31). The third-order valence-electron chi connectivity index (χ3n) is 6.21. The maximum absolute atomic E-state index is 14.4. The summed E-state index contributed by atoms with van der Waals surface area (Å²) in [6.45, 7) is 7.04. The Morgan fingerprint density at radius 2 is 2.03 bits per heavy atom. The van der Waals surface area contributed by atoms with E-state index in [0.29, 0.717) is 34.9 Å². The van der Waals surface area contributed by atoms with E-state index in [1.54, 1.807) is 24.3 Å². The molecule has 0 spiro atoms. The summed E-state index contributed by atoms with van der Waals surface area (Å²) in [5.74, 6) is -0.481. The van der Waals surface area contributed by atoms with Crippen LogP contribution >= 0.6 is 0 Å². The minimum absolute atomic E-state index is 0.137. The first-order chi connectivity index (χ1) is 15.0. The molecule has 1 amide bonds. The van der Waals surface area contributed by atoms with Crippen LogP contribution in [0.25, 0.3) is 22.2 Å². The largest absolute Gasteiger partial charge is 0.352 e. The summed E-state index contributed by atoms with van der Waals surface area (Å²) >= 11 is 0. The number of amides is 1. The molecule has 1 aliphatic rings. The second-order valence-corrected chi connectivity index (χ2v) is 8.55. The maximum atomic E-state index is 14.4. The number of benzene rings is 2. The highest BCUT2D eigenvalue weighted by Crippen LogP contribution is 2.27. The fourth-order valence-electron chi connectivity index (χ4n) is 4.40. The number of pyridine rings is 1. The Morgan fingerprint density at radius 3 is 2.84 bits per heavy atom. The smallest absolute Gasteiger partial charge is 0.252 e. The Kier molecular flexibility index (Phi) is 6.62. The predicted molar refractivity (Wildman–Crippen MR) is 124 cm³/mol. The average molecular weight is 420 g/mol. The van der Waals surface area contributed by atoms with Crippen LogP contribution in [-0.2, 0) is 0 Å². The molecule has 1 saturated heterocycles. The second kappa shape index (κ2) is 9.56. The topological polar surface area (TPSA) is 45.2 Å². The third kappa shape index (κ3) is 4.93. The Bertz CT molecular complexity index is 1080. The molecule has 1 fully saturated rings. The highest BCUT2D eigenvalue weighted by molar-refractivity contribution is 6.07. The number of carbonyl (C=O) groups is 1. The molecule has 1 aromatic heterocycles. The van der Waals surface area contributed by atoms with Crippen LogP contribution in [0.4, 0.5) is 4.39 Å². The number of piperidine rings is 1. The Labute approximate surface area is 183 Å². The van der Waals surface area contributed by atoms with E-state index in [-0.39, 0.29) is 11.7 Å². The molecule has 2 heterocycles. The van der Waals surface area contributed by atoms with Gasteiger partial charge in [0.2, 0.25) is 0 Å². The van der Waals surface area contributed by atoms with Gasteiger partial charge in [-0.3, -0.25) is 4.79 Å². The third-order valence-corrected chi connectivity index (χ3v) is 6.21. The van der Waals surface area contributed by atoms with Crippen LogP contribution in [0.2, 0.25) is 0 Å². The summed E-state index contributed by atoms with van der Waals surface area (Å²) in [5, 5.41) is 3.86. The minimum Gasteiger partial charge on any atom is -0.352 e. The van der Waals surface area contributed by atoms with Crippen molar-refractivity contribution in [3.8, 4) is 11.3 Å². The molecule has 0 aliphatic carbocycles. The Hall–Kier alpha value is -2.79. The van der Waals surface area contributed by atoms with Crippen molar-refractivity contribution >= 4 is 16.8 Å². The van der Waals surface area contributed by atoms with Crippen molar-refractivity contribution < 1.29 is 9.18 Å². The highest BCUT2D eigenvalue weighted by Gasteiger charge is 2.18. The number of likely N-dealkylation sites (tertiary alicyclic amines) is 1. The van der Waals surface area contributed by atoms with Crippen molar-refractivity contribution in [2.24, 2.45) is 0 Å². The number of carbonyl (C=O) groups excluding carboxylic acids is 1. The van der Waals surface area contributed by atoms with Gasteiger partial charge in [0.1, 0.15) is 5.82 Å².